The summed E-state index contributed by atoms with van der Waals surface area (Å²) >= 11 is 0. The number of benzene rings is 2. The molecular weight excluding hydrogens is 348 g/mol. The fraction of sp³-hybridized carbons (Fsp3) is 0.0769. The van der Waals surface area contributed by atoms with Crippen molar-refractivity contribution >= 4 is 0 Å². The maximum Gasteiger partial charge on any atom is 0 e. The van der Waals surface area contributed by atoms with Gasteiger partial charge in [-0.2, -0.15) is 71.8 Å². The second-order valence-corrected chi connectivity index (χ2v) is 2.95. The van der Waals surface area contributed by atoms with Crippen molar-refractivity contribution in [3.8, 4) is 0 Å². The summed E-state index contributed by atoms with van der Waals surface area (Å²) in [6, 6.07) is 22.5. The molecule has 0 aliphatic rings. The SMILES string of the molecule is [Ir].[c-]1ccccc1Cc1[c-]cccc1. The van der Waals surface area contributed by atoms with Crippen LogP contribution in [-0.2, 0) is 26.5 Å². The first kappa shape index (κ1) is 11.2. The van der Waals surface area contributed by atoms with Crippen molar-refractivity contribution in [1.29, 1.82) is 0 Å². The fourth-order valence-electron chi connectivity index (χ4n) is 1.29. The van der Waals surface area contributed by atoms with Crippen molar-refractivity contribution in [2.45, 2.75) is 6.42 Å². The molecule has 0 spiro atoms. The number of rotatable bonds is 2. The molecule has 0 amide bonds. The second-order valence-electron chi connectivity index (χ2n) is 2.95. The zero-order valence-corrected chi connectivity index (χ0v) is 10.1. The Kier molecular flexibility index (Phi) is 4.58. The largest absolute Gasteiger partial charge is 0.180 e. The summed E-state index contributed by atoms with van der Waals surface area (Å²) in [6.07, 6.45) is 0.918. The third-order valence-corrected chi connectivity index (χ3v) is 1.93. The smallest absolute Gasteiger partial charge is 0 e. The van der Waals surface area contributed by atoms with Crippen molar-refractivity contribution in [2.75, 3.05) is 0 Å². The van der Waals surface area contributed by atoms with Gasteiger partial charge in [0, 0.05) is 20.1 Å². The van der Waals surface area contributed by atoms with E-state index in [-0.39, 0.29) is 20.1 Å². The standard InChI is InChI=1S/C13H10.Ir/c1-3-7-12(8-4-1)11-13-9-5-2-6-10-13;/h1-7,9H,11H2;/q-2;. The third-order valence-electron chi connectivity index (χ3n) is 1.93. The normalized spacial score (nSPS) is 9.14. The van der Waals surface area contributed by atoms with Gasteiger partial charge >= 0.3 is 0 Å². The van der Waals surface area contributed by atoms with Gasteiger partial charge in [0.05, 0.1) is 0 Å². The van der Waals surface area contributed by atoms with Crippen molar-refractivity contribution in [2.24, 2.45) is 0 Å². The average molecular weight is 358 g/mol. The quantitative estimate of drug-likeness (QED) is 0.725. The zero-order valence-electron chi connectivity index (χ0n) is 7.66. The first-order valence-electron chi connectivity index (χ1n) is 4.36. The average Bonchev–Trinajstić information content (AvgIpc) is 2.21. The van der Waals surface area contributed by atoms with Crippen molar-refractivity contribution in [1.82, 2.24) is 0 Å². The zero-order chi connectivity index (χ0) is 8.93. The number of hydrogen-bond donors (Lipinski definition) is 0. The van der Waals surface area contributed by atoms with E-state index in [1.165, 1.54) is 11.1 Å². The van der Waals surface area contributed by atoms with Crippen LogP contribution in [0.4, 0.5) is 0 Å². The molecule has 73 valence electrons. The molecular formula is C13H10Ir-2. The molecule has 0 aromatic heterocycles. The van der Waals surface area contributed by atoms with Gasteiger partial charge in [-0.3, -0.25) is 0 Å². The Morgan fingerprint density at radius 2 is 1.29 bits per heavy atom. The van der Waals surface area contributed by atoms with Crippen molar-refractivity contribution in [3.05, 3.63) is 71.8 Å². The Balaban J connectivity index is 0.000000980. The topological polar surface area (TPSA) is 0 Å². The monoisotopic (exact) mass is 359 g/mol. The first-order valence-corrected chi connectivity index (χ1v) is 4.36. The molecule has 0 aliphatic heterocycles. The fourth-order valence-corrected chi connectivity index (χ4v) is 1.29. The molecule has 0 aliphatic carbocycles. The molecule has 0 saturated carbocycles. The molecule has 0 heterocycles. The molecule has 0 fully saturated rings. The molecule has 14 heavy (non-hydrogen) atoms. The van der Waals surface area contributed by atoms with E-state index >= 15 is 0 Å². The maximum atomic E-state index is 3.20. The molecule has 0 N–H and O–H groups in total. The molecule has 0 atom stereocenters. The van der Waals surface area contributed by atoms with Gasteiger partial charge in [0.2, 0.25) is 0 Å². The van der Waals surface area contributed by atoms with Crippen LogP contribution in [0.2, 0.25) is 0 Å². The second kappa shape index (κ2) is 5.74. The summed E-state index contributed by atoms with van der Waals surface area (Å²) in [4.78, 5) is 0. The predicted molar refractivity (Wildman–Crippen MR) is 53.4 cm³/mol. The van der Waals surface area contributed by atoms with Crippen molar-refractivity contribution in [3.63, 3.8) is 0 Å². The molecule has 2 aromatic carbocycles. The van der Waals surface area contributed by atoms with Crippen LogP contribution >= 0.6 is 0 Å². The van der Waals surface area contributed by atoms with E-state index in [1.54, 1.807) is 0 Å². The minimum Gasteiger partial charge on any atom is -0.180 e. The van der Waals surface area contributed by atoms with Crippen LogP contribution < -0.4 is 0 Å². The maximum absolute atomic E-state index is 3.20. The van der Waals surface area contributed by atoms with Crippen LogP contribution in [0.3, 0.4) is 0 Å². The summed E-state index contributed by atoms with van der Waals surface area (Å²) in [7, 11) is 0. The Bertz CT molecular complexity index is 316. The minimum absolute atomic E-state index is 0. The molecule has 1 heteroatoms. The molecule has 1 radical (unpaired) electrons. The van der Waals surface area contributed by atoms with E-state index < -0.39 is 0 Å². The van der Waals surface area contributed by atoms with Crippen LogP contribution in [0.25, 0.3) is 0 Å². The Morgan fingerprint density at radius 3 is 1.64 bits per heavy atom. The summed E-state index contributed by atoms with van der Waals surface area (Å²) in [5, 5.41) is 0. The third kappa shape index (κ3) is 3.10. The van der Waals surface area contributed by atoms with Crippen LogP contribution in [0.1, 0.15) is 11.1 Å². The summed E-state index contributed by atoms with van der Waals surface area (Å²) < 4.78 is 0. The molecule has 0 saturated heterocycles. The van der Waals surface area contributed by atoms with E-state index in [4.69, 9.17) is 0 Å². The summed E-state index contributed by atoms with van der Waals surface area (Å²) in [5.74, 6) is 0. The van der Waals surface area contributed by atoms with Gasteiger partial charge in [0.15, 0.2) is 0 Å². The first-order chi connectivity index (χ1) is 6.45. The minimum atomic E-state index is 0. The summed E-state index contributed by atoms with van der Waals surface area (Å²) in [5.41, 5.74) is 2.43. The molecule has 2 rings (SSSR count). The van der Waals surface area contributed by atoms with E-state index in [9.17, 15) is 0 Å². The molecule has 0 unspecified atom stereocenters. The Morgan fingerprint density at radius 1 is 0.786 bits per heavy atom. The number of hydrogen-bond acceptors (Lipinski definition) is 0. The van der Waals surface area contributed by atoms with E-state index in [2.05, 4.69) is 24.3 Å². The van der Waals surface area contributed by atoms with Gasteiger partial charge in [0.25, 0.3) is 0 Å². The van der Waals surface area contributed by atoms with Crippen molar-refractivity contribution < 1.29 is 20.1 Å². The van der Waals surface area contributed by atoms with Crippen LogP contribution in [0.5, 0.6) is 0 Å². The summed E-state index contributed by atoms with van der Waals surface area (Å²) in [6.45, 7) is 0. The van der Waals surface area contributed by atoms with Crippen LogP contribution in [0.15, 0.2) is 48.5 Å². The predicted octanol–water partition coefficient (Wildman–Crippen LogP) is 2.88. The van der Waals surface area contributed by atoms with Crippen LogP contribution in [-0.4, -0.2) is 0 Å². The van der Waals surface area contributed by atoms with E-state index in [0.717, 1.165) is 6.42 Å². The van der Waals surface area contributed by atoms with Gasteiger partial charge in [-0.05, 0) is 6.42 Å². The Labute approximate surface area is 98.3 Å². The molecule has 0 bridgehead atoms. The van der Waals surface area contributed by atoms with Gasteiger partial charge in [-0.25, -0.2) is 0 Å². The molecule has 0 nitrogen and oxygen atoms in total. The molecule has 2 aromatic rings. The van der Waals surface area contributed by atoms with E-state index in [1.807, 2.05) is 36.4 Å². The van der Waals surface area contributed by atoms with Gasteiger partial charge in [0.1, 0.15) is 0 Å². The van der Waals surface area contributed by atoms with Gasteiger partial charge in [-0.15, -0.1) is 0 Å². The van der Waals surface area contributed by atoms with E-state index in [0.29, 0.717) is 0 Å². The Hall–Kier alpha value is -0.911. The van der Waals surface area contributed by atoms with Gasteiger partial charge in [-0.1, -0.05) is 0 Å². The van der Waals surface area contributed by atoms with Gasteiger partial charge < -0.3 is 0 Å². The van der Waals surface area contributed by atoms with Crippen LogP contribution in [0, 0.1) is 12.1 Å².